The van der Waals surface area contributed by atoms with Crippen LogP contribution in [0.25, 0.3) is 10.8 Å². The van der Waals surface area contributed by atoms with Gasteiger partial charge in [-0.25, -0.2) is 4.90 Å². The first-order valence-electron chi connectivity index (χ1n) is 11.2. The predicted octanol–water partition coefficient (Wildman–Crippen LogP) is 4.59. The highest BCUT2D eigenvalue weighted by atomic mass is 16.2. The lowest BCUT2D eigenvalue weighted by atomic mass is 9.48. The first kappa shape index (κ1) is 18.5. The summed E-state index contributed by atoms with van der Waals surface area (Å²) in [7, 11) is 0. The number of carbonyl (C=O) groups is 3. The molecule has 4 aromatic carbocycles. The molecule has 0 N–H and O–H groups in total. The lowest BCUT2D eigenvalue weighted by molar-refractivity contribution is -0.128. The van der Waals surface area contributed by atoms with Crippen LogP contribution in [0.4, 0.5) is 5.69 Å². The van der Waals surface area contributed by atoms with Gasteiger partial charge in [0.15, 0.2) is 0 Å². The maximum absolute atomic E-state index is 14.1. The summed E-state index contributed by atoms with van der Waals surface area (Å²) in [6, 6.07) is 29.0. The Hall–Kier alpha value is -4.05. The summed E-state index contributed by atoms with van der Waals surface area (Å²) in [4.78, 5) is 42.5. The molecule has 158 valence electrons. The van der Waals surface area contributed by atoms with Gasteiger partial charge in [0.05, 0.1) is 22.9 Å². The molecule has 0 saturated carbocycles. The van der Waals surface area contributed by atoms with E-state index in [9.17, 15) is 14.4 Å². The van der Waals surface area contributed by atoms with Gasteiger partial charge in [-0.3, -0.25) is 9.59 Å². The zero-order chi connectivity index (χ0) is 22.3. The third-order valence-electron chi connectivity index (χ3n) is 7.88. The van der Waals surface area contributed by atoms with Crippen LogP contribution in [0.3, 0.4) is 0 Å². The largest absolute Gasteiger partial charge is 0.302 e. The standard InChI is InChI=1S/C29H19NO3/c31-16-29-21-13-5-3-11-19(21)24(20-12-4-6-14-22(20)29)25-26(29)28(33)30(27(25)32)23-15-7-9-17-8-1-2-10-18(17)23/h1-16,24-26H/t24?,25-,26+,29?/m0/s1. The van der Waals surface area contributed by atoms with Gasteiger partial charge in [0.2, 0.25) is 11.8 Å². The van der Waals surface area contributed by atoms with Crippen LogP contribution in [-0.4, -0.2) is 18.1 Å². The van der Waals surface area contributed by atoms with Crippen molar-refractivity contribution in [3.05, 3.63) is 113 Å². The lowest BCUT2D eigenvalue weighted by Gasteiger charge is -2.51. The van der Waals surface area contributed by atoms with Gasteiger partial charge in [-0.1, -0.05) is 84.9 Å². The summed E-state index contributed by atoms with van der Waals surface area (Å²) < 4.78 is 0. The minimum Gasteiger partial charge on any atom is -0.302 e. The van der Waals surface area contributed by atoms with Crippen molar-refractivity contribution in [3.8, 4) is 0 Å². The third-order valence-corrected chi connectivity index (χ3v) is 7.88. The molecule has 2 bridgehead atoms. The van der Waals surface area contributed by atoms with E-state index >= 15 is 0 Å². The molecular weight excluding hydrogens is 410 g/mol. The minimum atomic E-state index is -1.17. The molecule has 0 radical (unpaired) electrons. The first-order valence-corrected chi connectivity index (χ1v) is 11.2. The Balaban J connectivity index is 1.52. The van der Waals surface area contributed by atoms with E-state index in [4.69, 9.17) is 0 Å². The Labute approximate surface area is 190 Å². The molecular formula is C29H19NO3. The van der Waals surface area contributed by atoms with Gasteiger partial charge in [-0.2, -0.15) is 0 Å². The van der Waals surface area contributed by atoms with Crippen LogP contribution < -0.4 is 4.90 Å². The summed E-state index contributed by atoms with van der Waals surface area (Å²) in [5, 5.41) is 1.81. The maximum atomic E-state index is 14.1. The van der Waals surface area contributed by atoms with E-state index in [1.807, 2.05) is 91.0 Å². The van der Waals surface area contributed by atoms with Crippen LogP contribution in [0.15, 0.2) is 91.0 Å². The number of hydrogen-bond donors (Lipinski definition) is 0. The van der Waals surface area contributed by atoms with Crippen molar-refractivity contribution in [3.63, 3.8) is 0 Å². The van der Waals surface area contributed by atoms with Crippen molar-refractivity contribution < 1.29 is 14.4 Å². The van der Waals surface area contributed by atoms with Gasteiger partial charge in [0.1, 0.15) is 6.29 Å². The van der Waals surface area contributed by atoms with E-state index in [1.165, 1.54) is 4.90 Å². The first-order chi connectivity index (χ1) is 16.2. The van der Waals surface area contributed by atoms with Crippen LogP contribution in [-0.2, 0) is 19.8 Å². The topological polar surface area (TPSA) is 54.5 Å². The molecule has 0 aromatic heterocycles. The predicted molar refractivity (Wildman–Crippen MR) is 125 cm³/mol. The fourth-order valence-corrected chi connectivity index (χ4v) is 6.67. The molecule has 8 rings (SSSR count). The van der Waals surface area contributed by atoms with Crippen LogP contribution >= 0.6 is 0 Å². The van der Waals surface area contributed by atoms with Gasteiger partial charge in [-0.05, 0) is 33.7 Å². The molecule has 3 aliphatic carbocycles. The fraction of sp³-hybridized carbons (Fsp3) is 0.138. The highest BCUT2D eigenvalue weighted by molar-refractivity contribution is 6.27. The van der Waals surface area contributed by atoms with Crippen molar-refractivity contribution in [2.75, 3.05) is 4.90 Å². The number of amides is 2. The van der Waals surface area contributed by atoms with Crippen molar-refractivity contribution in [1.29, 1.82) is 0 Å². The molecule has 1 fully saturated rings. The number of carbonyl (C=O) groups excluding carboxylic acids is 3. The van der Waals surface area contributed by atoms with E-state index in [-0.39, 0.29) is 17.7 Å². The molecule has 1 aliphatic heterocycles. The zero-order valence-electron chi connectivity index (χ0n) is 17.6. The number of anilines is 1. The van der Waals surface area contributed by atoms with Crippen LogP contribution in [0.2, 0.25) is 0 Å². The summed E-state index contributed by atoms with van der Waals surface area (Å²) in [6.07, 6.45) is 0.912. The van der Waals surface area contributed by atoms with E-state index in [2.05, 4.69) is 0 Å². The van der Waals surface area contributed by atoms with Gasteiger partial charge in [0.25, 0.3) is 0 Å². The molecule has 4 aliphatic rings. The average molecular weight is 429 g/mol. The number of nitrogens with zero attached hydrogens (tertiary/aromatic N) is 1. The van der Waals surface area contributed by atoms with Crippen molar-refractivity contribution >= 4 is 34.6 Å². The van der Waals surface area contributed by atoms with Gasteiger partial charge < -0.3 is 4.79 Å². The van der Waals surface area contributed by atoms with Gasteiger partial charge in [-0.15, -0.1) is 0 Å². The van der Waals surface area contributed by atoms with E-state index in [0.29, 0.717) is 5.69 Å². The SMILES string of the molecule is O=CC12c3ccccc3C(c3ccccc31)[C@@H]1C(=O)N(c3cccc4ccccc34)C(=O)[C@@H]12. The summed E-state index contributed by atoms with van der Waals surface area (Å²) in [6.45, 7) is 0. The van der Waals surface area contributed by atoms with Crippen LogP contribution in [0, 0.1) is 11.8 Å². The fourth-order valence-electron chi connectivity index (χ4n) is 6.67. The van der Waals surface area contributed by atoms with E-state index in [0.717, 1.165) is 39.3 Å². The number of benzene rings is 4. The monoisotopic (exact) mass is 429 g/mol. The van der Waals surface area contributed by atoms with E-state index < -0.39 is 17.3 Å². The number of fused-ring (bicyclic) bond motifs is 1. The maximum Gasteiger partial charge on any atom is 0.239 e. The smallest absolute Gasteiger partial charge is 0.239 e. The average Bonchev–Trinajstić information content (AvgIpc) is 3.14. The molecule has 33 heavy (non-hydrogen) atoms. The van der Waals surface area contributed by atoms with Crippen molar-refractivity contribution in [2.45, 2.75) is 11.3 Å². The molecule has 1 heterocycles. The highest BCUT2D eigenvalue weighted by Gasteiger charge is 2.68. The third kappa shape index (κ3) is 2.04. The number of aldehydes is 1. The molecule has 4 nitrogen and oxygen atoms in total. The summed E-state index contributed by atoms with van der Waals surface area (Å²) in [5.41, 5.74) is 3.08. The number of hydrogen-bond acceptors (Lipinski definition) is 3. The second-order valence-electron chi connectivity index (χ2n) is 9.15. The van der Waals surface area contributed by atoms with Gasteiger partial charge in [0, 0.05) is 11.3 Å². The van der Waals surface area contributed by atoms with Gasteiger partial charge >= 0.3 is 0 Å². The number of imide groups is 1. The van der Waals surface area contributed by atoms with Crippen LogP contribution in [0.1, 0.15) is 28.2 Å². The Morgan fingerprint density at radius 3 is 2.00 bits per heavy atom. The van der Waals surface area contributed by atoms with E-state index in [1.54, 1.807) is 0 Å². The molecule has 2 atom stereocenters. The second-order valence-corrected chi connectivity index (χ2v) is 9.15. The molecule has 4 aromatic rings. The minimum absolute atomic E-state index is 0.221. The Bertz CT molecular complexity index is 1470. The quantitative estimate of drug-likeness (QED) is 0.346. The summed E-state index contributed by atoms with van der Waals surface area (Å²) >= 11 is 0. The molecule has 2 amide bonds. The molecule has 4 heteroatoms. The van der Waals surface area contributed by atoms with Crippen LogP contribution in [0.5, 0.6) is 0 Å². The molecule has 0 spiro atoms. The molecule has 0 unspecified atom stereocenters. The Morgan fingerprint density at radius 1 is 0.697 bits per heavy atom. The Kier molecular flexibility index (Phi) is 3.51. The normalized spacial score (nSPS) is 26.8. The van der Waals surface area contributed by atoms with Crippen molar-refractivity contribution in [2.24, 2.45) is 11.8 Å². The Morgan fingerprint density at radius 2 is 1.30 bits per heavy atom. The highest BCUT2D eigenvalue weighted by Crippen LogP contribution is 2.63. The van der Waals surface area contributed by atoms with Crippen molar-refractivity contribution in [1.82, 2.24) is 0 Å². The molecule has 1 saturated heterocycles. The lowest BCUT2D eigenvalue weighted by Crippen LogP contribution is -2.54. The summed E-state index contributed by atoms with van der Waals surface area (Å²) in [5.74, 6) is -2.12. The zero-order valence-corrected chi connectivity index (χ0v) is 17.6. The number of rotatable bonds is 2. The second kappa shape index (κ2) is 6.26.